The van der Waals surface area contributed by atoms with Crippen LogP contribution in [0, 0.1) is 0 Å². The second-order valence-electron chi connectivity index (χ2n) is 6.24. The summed E-state index contributed by atoms with van der Waals surface area (Å²) in [5, 5.41) is 2.80. The van der Waals surface area contributed by atoms with Gasteiger partial charge in [-0.3, -0.25) is 0 Å². The van der Waals surface area contributed by atoms with Crippen molar-refractivity contribution in [2.75, 3.05) is 14.2 Å². The van der Waals surface area contributed by atoms with Crippen LogP contribution < -0.4 is 14.2 Å². The Morgan fingerprint density at radius 2 is 1.32 bits per heavy atom. The van der Waals surface area contributed by atoms with Crippen molar-refractivity contribution in [1.82, 2.24) is 0 Å². The first-order valence-corrected chi connectivity index (χ1v) is 11.7. The van der Waals surface area contributed by atoms with E-state index in [2.05, 4.69) is 18.2 Å². The van der Waals surface area contributed by atoms with Gasteiger partial charge in [0.25, 0.3) is 0 Å². The fourth-order valence-corrected chi connectivity index (χ4v) is 4.92. The van der Waals surface area contributed by atoms with Crippen LogP contribution in [0.5, 0.6) is 17.2 Å². The van der Waals surface area contributed by atoms with Crippen molar-refractivity contribution in [3.05, 3.63) is 88.4 Å². The SMILES string of the molecule is COc1ccc(COc2ccc(C[Se]Cc3ccc(OC)c(Cl)c3)cc2)cc1. The Kier molecular flexibility index (Phi) is 7.67. The summed E-state index contributed by atoms with van der Waals surface area (Å²) in [6.45, 7) is 0.547. The van der Waals surface area contributed by atoms with Gasteiger partial charge in [0.2, 0.25) is 0 Å². The molecule has 3 aromatic carbocycles. The molecule has 3 nitrogen and oxygen atoms in total. The minimum atomic E-state index is 0.476. The van der Waals surface area contributed by atoms with Crippen molar-refractivity contribution < 1.29 is 14.2 Å². The summed E-state index contributed by atoms with van der Waals surface area (Å²) in [6, 6.07) is 22.3. The number of benzene rings is 3. The molecule has 0 N–H and O–H groups in total. The third-order valence-corrected chi connectivity index (χ3v) is 6.79. The number of halogens is 1. The molecule has 0 amide bonds. The summed E-state index contributed by atoms with van der Waals surface area (Å²) in [5.74, 6) is 2.46. The van der Waals surface area contributed by atoms with Crippen molar-refractivity contribution in [2.24, 2.45) is 0 Å². The summed E-state index contributed by atoms with van der Waals surface area (Å²) in [7, 11) is 3.30. The Bertz CT molecular complexity index is 879. The molecule has 0 unspecified atom stereocenters. The van der Waals surface area contributed by atoms with Crippen LogP contribution in [0.3, 0.4) is 0 Å². The Morgan fingerprint density at radius 3 is 1.96 bits per heavy atom. The molecule has 3 rings (SSSR count). The summed E-state index contributed by atoms with van der Waals surface area (Å²) >= 11 is 6.67. The quantitative estimate of drug-likeness (QED) is 0.403. The summed E-state index contributed by atoms with van der Waals surface area (Å²) in [4.78, 5) is 0. The first kappa shape index (κ1) is 20.6. The molecule has 0 aliphatic rings. The van der Waals surface area contributed by atoms with Gasteiger partial charge in [0.1, 0.15) is 0 Å². The van der Waals surface area contributed by atoms with Crippen molar-refractivity contribution in [3.63, 3.8) is 0 Å². The second-order valence-corrected chi connectivity index (χ2v) is 8.72. The molecule has 3 aromatic rings. The van der Waals surface area contributed by atoms with Gasteiger partial charge < -0.3 is 0 Å². The number of hydrogen-bond donors (Lipinski definition) is 0. The van der Waals surface area contributed by atoms with Crippen molar-refractivity contribution in [2.45, 2.75) is 17.2 Å². The standard InChI is InChI=1S/C23H23ClO3Se/c1-25-20-8-3-17(4-9-20)14-27-21-10-5-18(6-11-21)15-28-16-19-7-12-23(26-2)22(24)13-19/h3-13H,14-16H2,1-2H3. The molecular formula is C23H23ClO3Se. The zero-order valence-corrected chi connectivity index (χ0v) is 18.5. The van der Waals surface area contributed by atoms with Crippen LogP contribution in [0.1, 0.15) is 16.7 Å². The molecule has 28 heavy (non-hydrogen) atoms. The Hall–Kier alpha value is -2.13. The van der Waals surface area contributed by atoms with Gasteiger partial charge in [0.05, 0.1) is 7.11 Å². The van der Waals surface area contributed by atoms with Gasteiger partial charge >= 0.3 is 171 Å². The van der Waals surface area contributed by atoms with Crippen LogP contribution in [0.2, 0.25) is 5.02 Å². The molecule has 0 bridgehead atoms. The summed E-state index contributed by atoms with van der Waals surface area (Å²) in [5.41, 5.74) is 3.70. The first-order chi connectivity index (χ1) is 13.7. The Balaban J connectivity index is 1.45. The third kappa shape index (κ3) is 5.93. The Labute approximate surface area is 177 Å². The fourth-order valence-electron chi connectivity index (χ4n) is 2.66. The van der Waals surface area contributed by atoms with Gasteiger partial charge in [0, 0.05) is 0 Å². The second kappa shape index (κ2) is 10.4. The van der Waals surface area contributed by atoms with Crippen LogP contribution >= 0.6 is 11.6 Å². The molecular weight excluding hydrogens is 439 g/mol. The average Bonchev–Trinajstić information content (AvgIpc) is 2.74. The van der Waals surface area contributed by atoms with Crippen LogP contribution in [-0.2, 0) is 17.2 Å². The maximum absolute atomic E-state index is 6.19. The van der Waals surface area contributed by atoms with Gasteiger partial charge in [-0.15, -0.1) is 0 Å². The molecule has 0 aromatic heterocycles. The molecule has 0 aliphatic heterocycles. The molecule has 0 spiro atoms. The van der Waals surface area contributed by atoms with Gasteiger partial charge in [-0.2, -0.15) is 0 Å². The Morgan fingerprint density at radius 1 is 0.714 bits per heavy atom. The molecule has 0 saturated heterocycles. The molecule has 0 radical (unpaired) electrons. The number of methoxy groups -OCH3 is 2. The van der Waals surface area contributed by atoms with Crippen molar-refractivity contribution >= 4 is 26.6 Å². The third-order valence-electron chi connectivity index (χ3n) is 4.24. The molecule has 0 heterocycles. The minimum absolute atomic E-state index is 0.476. The van der Waals surface area contributed by atoms with E-state index in [4.69, 9.17) is 25.8 Å². The predicted molar refractivity (Wildman–Crippen MR) is 115 cm³/mol. The topological polar surface area (TPSA) is 27.7 Å². The first-order valence-electron chi connectivity index (χ1n) is 8.93. The van der Waals surface area contributed by atoms with E-state index in [1.807, 2.05) is 48.5 Å². The monoisotopic (exact) mass is 462 g/mol. The van der Waals surface area contributed by atoms with Gasteiger partial charge in [-0.25, -0.2) is 0 Å². The van der Waals surface area contributed by atoms with Crippen molar-refractivity contribution in [1.29, 1.82) is 0 Å². The van der Waals surface area contributed by atoms with Crippen LogP contribution in [-0.4, -0.2) is 29.2 Å². The van der Waals surface area contributed by atoms with E-state index in [1.54, 1.807) is 14.2 Å². The van der Waals surface area contributed by atoms with E-state index in [0.717, 1.165) is 33.5 Å². The predicted octanol–water partition coefficient (Wildman–Crippen LogP) is 5.34. The van der Waals surface area contributed by atoms with Crippen LogP contribution in [0.25, 0.3) is 0 Å². The average molecular weight is 462 g/mol. The molecule has 146 valence electrons. The van der Waals surface area contributed by atoms with E-state index in [9.17, 15) is 0 Å². The number of ether oxygens (including phenoxy) is 3. The maximum atomic E-state index is 6.19. The van der Waals surface area contributed by atoms with E-state index in [0.29, 0.717) is 26.6 Å². The fraction of sp³-hybridized carbons (Fsp3) is 0.217. The van der Waals surface area contributed by atoms with E-state index in [-0.39, 0.29) is 0 Å². The van der Waals surface area contributed by atoms with Crippen LogP contribution in [0.4, 0.5) is 0 Å². The molecule has 0 saturated carbocycles. The normalized spacial score (nSPS) is 10.5. The van der Waals surface area contributed by atoms with E-state index in [1.165, 1.54) is 11.1 Å². The zero-order chi connectivity index (χ0) is 19.8. The van der Waals surface area contributed by atoms with Gasteiger partial charge in [-0.05, 0) is 0 Å². The number of rotatable bonds is 9. The van der Waals surface area contributed by atoms with Gasteiger partial charge in [0.15, 0.2) is 0 Å². The summed E-state index contributed by atoms with van der Waals surface area (Å²) < 4.78 is 16.2. The summed E-state index contributed by atoms with van der Waals surface area (Å²) in [6.07, 6.45) is 0. The molecule has 0 atom stereocenters. The van der Waals surface area contributed by atoms with Crippen LogP contribution in [0.15, 0.2) is 66.7 Å². The molecule has 0 fully saturated rings. The zero-order valence-electron chi connectivity index (χ0n) is 16.0. The molecule has 5 heteroatoms. The molecule has 0 aliphatic carbocycles. The number of hydrogen-bond acceptors (Lipinski definition) is 3. The van der Waals surface area contributed by atoms with Gasteiger partial charge in [-0.1, -0.05) is 0 Å². The van der Waals surface area contributed by atoms with Crippen molar-refractivity contribution in [3.8, 4) is 17.2 Å². The van der Waals surface area contributed by atoms with E-state index < -0.39 is 0 Å². The van der Waals surface area contributed by atoms with E-state index >= 15 is 0 Å².